The van der Waals surface area contributed by atoms with Crippen LogP contribution in [0.4, 0.5) is 0 Å². The summed E-state index contributed by atoms with van der Waals surface area (Å²) in [7, 11) is 2.54. The molecule has 0 aliphatic carbocycles. The summed E-state index contributed by atoms with van der Waals surface area (Å²) in [6, 6.07) is 0. The Bertz CT molecular complexity index is 408. The molecule has 0 saturated carbocycles. The summed E-state index contributed by atoms with van der Waals surface area (Å²) >= 11 is 0. The van der Waals surface area contributed by atoms with Gasteiger partial charge in [-0.1, -0.05) is 0 Å². The molecule has 66 valence electrons. The second-order valence-corrected chi connectivity index (χ2v) is 4.57. The van der Waals surface area contributed by atoms with Gasteiger partial charge < -0.3 is 0 Å². The lowest BCUT2D eigenvalue weighted by Gasteiger charge is -1.95. The molecule has 0 aromatic carbocycles. The Morgan fingerprint density at radius 3 is 2.58 bits per heavy atom. The van der Waals surface area contributed by atoms with Gasteiger partial charge >= 0.3 is 0 Å². The smallest absolute Gasteiger partial charge is 0.279 e. The highest BCUT2D eigenvalue weighted by molar-refractivity contribution is 8.13. The fourth-order valence-electron chi connectivity index (χ4n) is 0.823. The number of nitrogens with zero attached hydrogens (tertiary/aromatic N) is 2. The zero-order valence-corrected chi connectivity index (χ0v) is 7.63. The lowest BCUT2D eigenvalue weighted by molar-refractivity contribution is 0.112. The van der Waals surface area contributed by atoms with E-state index in [1.165, 1.54) is 7.05 Å². The maximum Gasteiger partial charge on any atom is 0.279 e. The molecule has 0 radical (unpaired) electrons. The van der Waals surface area contributed by atoms with Gasteiger partial charge in [-0.15, -0.1) is 0 Å². The summed E-state index contributed by atoms with van der Waals surface area (Å²) in [5.74, 6) is 0. The number of carbonyl (C=O) groups is 1. The summed E-state index contributed by atoms with van der Waals surface area (Å²) in [5, 5.41) is 3.30. The minimum atomic E-state index is -3.89. The predicted molar refractivity (Wildman–Crippen MR) is 41.6 cm³/mol. The third-order valence-electron chi connectivity index (χ3n) is 1.27. The highest BCUT2D eigenvalue weighted by atomic mass is 35.7. The topological polar surface area (TPSA) is 69.0 Å². The van der Waals surface area contributed by atoms with E-state index >= 15 is 0 Å². The van der Waals surface area contributed by atoms with E-state index in [1.54, 1.807) is 0 Å². The zero-order chi connectivity index (χ0) is 9.35. The van der Waals surface area contributed by atoms with Crippen molar-refractivity contribution in [2.75, 3.05) is 0 Å². The van der Waals surface area contributed by atoms with Crippen LogP contribution in [0.3, 0.4) is 0 Å². The van der Waals surface area contributed by atoms with E-state index in [0.29, 0.717) is 6.29 Å². The average molecular weight is 209 g/mol. The second-order valence-electron chi connectivity index (χ2n) is 2.08. The van der Waals surface area contributed by atoms with Gasteiger partial charge in [-0.05, 0) is 0 Å². The van der Waals surface area contributed by atoms with Gasteiger partial charge in [0.05, 0.1) is 11.8 Å². The van der Waals surface area contributed by atoms with Crippen LogP contribution in [0, 0.1) is 0 Å². The number of hydrogen-bond acceptors (Lipinski definition) is 4. The minimum absolute atomic E-state index is 0.0347. The molecule has 0 aliphatic heterocycles. The molecule has 12 heavy (non-hydrogen) atoms. The molecular formula is C5H5ClN2O3S. The van der Waals surface area contributed by atoms with Crippen molar-refractivity contribution < 1.29 is 13.2 Å². The summed E-state index contributed by atoms with van der Waals surface area (Å²) in [6.45, 7) is 0. The molecule has 0 unspecified atom stereocenters. The maximum atomic E-state index is 10.8. The van der Waals surface area contributed by atoms with Gasteiger partial charge in [-0.3, -0.25) is 9.48 Å². The van der Waals surface area contributed by atoms with Gasteiger partial charge in [0, 0.05) is 17.7 Å². The van der Waals surface area contributed by atoms with E-state index in [2.05, 4.69) is 5.10 Å². The molecule has 0 spiro atoms. The van der Waals surface area contributed by atoms with Crippen molar-refractivity contribution in [3.8, 4) is 0 Å². The van der Waals surface area contributed by atoms with Crippen molar-refractivity contribution in [1.29, 1.82) is 0 Å². The van der Waals surface area contributed by atoms with Crippen LogP contribution in [0.15, 0.2) is 11.2 Å². The first-order valence-corrected chi connectivity index (χ1v) is 5.19. The molecule has 0 bridgehead atoms. The number of aromatic nitrogens is 2. The van der Waals surface area contributed by atoms with Crippen molar-refractivity contribution >= 4 is 26.0 Å². The van der Waals surface area contributed by atoms with E-state index in [4.69, 9.17) is 10.7 Å². The normalized spacial score (nSPS) is 11.5. The van der Waals surface area contributed by atoms with Crippen LogP contribution >= 0.6 is 10.7 Å². The predicted octanol–water partition coefficient (Wildman–Crippen LogP) is 0.160. The molecule has 0 aliphatic rings. The Hall–Kier alpha value is -0.880. The molecule has 0 N–H and O–H groups in total. The number of aryl methyl sites for hydroxylation is 1. The number of rotatable bonds is 2. The van der Waals surface area contributed by atoms with Gasteiger partial charge in [0.1, 0.15) is 0 Å². The maximum absolute atomic E-state index is 10.8. The Labute approximate surface area is 73.4 Å². The van der Waals surface area contributed by atoms with E-state index in [-0.39, 0.29) is 10.6 Å². The standard InChI is InChI=1S/C5H5ClN2O3S/c1-8-5(12(6,10)11)4(3-9)2-7-8/h2-3H,1H3. The van der Waals surface area contributed by atoms with Crippen molar-refractivity contribution in [1.82, 2.24) is 9.78 Å². The molecule has 1 aromatic rings. The summed E-state index contributed by atoms with van der Waals surface area (Å²) in [5.41, 5.74) is -0.0347. The third-order valence-corrected chi connectivity index (χ3v) is 2.67. The summed E-state index contributed by atoms with van der Waals surface area (Å²) in [4.78, 5) is 10.3. The molecule has 0 amide bonds. The lowest BCUT2D eigenvalue weighted by Crippen LogP contribution is -2.03. The minimum Gasteiger partial charge on any atom is -0.298 e. The molecule has 1 rings (SSSR count). The first-order valence-electron chi connectivity index (χ1n) is 2.88. The quantitative estimate of drug-likeness (QED) is 0.513. The Balaban J connectivity index is 3.49. The summed E-state index contributed by atoms with van der Waals surface area (Å²) in [6.07, 6.45) is 1.53. The molecular weight excluding hydrogens is 204 g/mol. The molecule has 0 fully saturated rings. The largest absolute Gasteiger partial charge is 0.298 e. The molecule has 1 heterocycles. The molecule has 1 aromatic heterocycles. The molecule has 0 atom stereocenters. The van der Waals surface area contributed by atoms with E-state index < -0.39 is 9.05 Å². The van der Waals surface area contributed by atoms with Gasteiger partial charge in [0.2, 0.25) is 0 Å². The first kappa shape index (κ1) is 9.21. The monoisotopic (exact) mass is 208 g/mol. The number of carbonyl (C=O) groups excluding carboxylic acids is 1. The summed E-state index contributed by atoms with van der Waals surface area (Å²) < 4.78 is 22.7. The van der Waals surface area contributed by atoms with Crippen LogP contribution in [0.2, 0.25) is 0 Å². The molecule has 0 saturated heterocycles. The average Bonchev–Trinajstić information content (AvgIpc) is 2.29. The van der Waals surface area contributed by atoms with E-state index in [1.807, 2.05) is 0 Å². The van der Waals surface area contributed by atoms with Crippen LogP contribution in [0.25, 0.3) is 0 Å². The van der Waals surface area contributed by atoms with Crippen molar-refractivity contribution in [3.63, 3.8) is 0 Å². The highest BCUT2D eigenvalue weighted by Crippen LogP contribution is 2.16. The Morgan fingerprint density at radius 2 is 2.25 bits per heavy atom. The molecule has 5 nitrogen and oxygen atoms in total. The highest BCUT2D eigenvalue weighted by Gasteiger charge is 2.20. The first-order chi connectivity index (χ1) is 5.46. The third kappa shape index (κ3) is 1.49. The van der Waals surface area contributed by atoms with Crippen molar-refractivity contribution in [2.45, 2.75) is 5.03 Å². The lowest BCUT2D eigenvalue weighted by atomic mass is 10.4. The van der Waals surface area contributed by atoms with Crippen LogP contribution in [0.1, 0.15) is 10.4 Å². The second kappa shape index (κ2) is 2.87. The SMILES string of the molecule is Cn1ncc(C=O)c1S(=O)(=O)Cl. The van der Waals surface area contributed by atoms with Gasteiger partial charge in [0.15, 0.2) is 11.3 Å². The Morgan fingerprint density at radius 1 is 1.67 bits per heavy atom. The van der Waals surface area contributed by atoms with Crippen molar-refractivity contribution in [2.24, 2.45) is 7.05 Å². The van der Waals surface area contributed by atoms with Gasteiger partial charge in [-0.25, -0.2) is 8.42 Å². The van der Waals surface area contributed by atoms with E-state index in [9.17, 15) is 13.2 Å². The van der Waals surface area contributed by atoms with Crippen LogP contribution in [-0.4, -0.2) is 24.5 Å². The van der Waals surface area contributed by atoms with Crippen LogP contribution in [-0.2, 0) is 16.1 Å². The van der Waals surface area contributed by atoms with Gasteiger partial charge in [-0.2, -0.15) is 5.10 Å². The number of halogens is 1. The fraction of sp³-hybridized carbons (Fsp3) is 0.200. The number of hydrogen-bond donors (Lipinski definition) is 0. The van der Waals surface area contributed by atoms with Crippen molar-refractivity contribution in [3.05, 3.63) is 11.8 Å². The Kier molecular flexibility index (Phi) is 2.20. The van der Waals surface area contributed by atoms with Gasteiger partial charge in [0.25, 0.3) is 9.05 Å². The van der Waals surface area contributed by atoms with E-state index in [0.717, 1.165) is 10.9 Å². The van der Waals surface area contributed by atoms with Crippen LogP contribution in [0.5, 0.6) is 0 Å². The fourth-order valence-corrected chi connectivity index (χ4v) is 2.13. The molecule has 7 heteroatoms. The number of aldehydes is 1. The zero-order valence-electron chi connectivity index (χ0n) is 6.06. The van der Waals surface area contributed by atoms with Crippen LogP contribution < -0.4 is 0 Å².